The smallest absolute Gasteiger partial charge is 0.350 e. The molecule has 1 aliphatic rings. The van der Waals surface area contributed by atoms with E-state index in [4.69, 9.17) is 14.2 Å². The minimum Gasteiger partial charge on any atom is -0.468 e. The van der Waals surface area contributed by atoms with Crippen molar-refractivity contribution in [2.75, 3.05) is 13.7 Å². The van der Waals surface area contributed by atoms with Gasteiger partial charge in [0.05, 0.1) is 11.0 Å². The Labute approximate surface area is 136 Å². The molecule has 1 heterocycles. The van der Waals surface area contributed by atoms with Crippen LogP contribution in [0, 0.1) is 10.1 Å². The van der Waals surface area contributed by atoms with Gasteiger partial charge in [-0.1, -0.05) is 19.6 Å². The first-order valence-electron chi connectivity index (χ1n) is 7.77. The average molecular weight is 343 g/mol. The molecule has 1 saturated carbocycles. The van der Waals surface area contributed by atoms with Crippen molar-refractivity contribution in [1.82, 2.24) is 9.78 Å². The minimum absolute atomic E-state index is 0.0587. The fourth-order valence-electron chi connectivity index (χ4n) is 2.17. The first-order valence-corrected chi connectivity index (χ1v) is 11.5. The van der Waals surface area contributed by atoms with Crippen molar-refractivity contribution in [3.8, 4) is 5.88 Å². The molecule has 9 heteroatoms. The lowest BCUT2D eigenvalue weighted by Crippen LogP contribution is -2.39. The van der Waals surface area contributed by atoms with Gasteiger partial charge >= 0.3 is 11.6 Å². The zero-order valence-electron chi connectivity index (χ0n) is 14.2. The highest BCUT2D eigenvalue weighted by atomic mass is 28.3. The number of rotatable bonds is 9. The molecule has 23 heavy (non-hydrogen) atoms. The number of nitrogens with zero attached hydrogens (tertiary/aromatic N) is 3. The van der Waals surface area contributed by atoms with Crippen molar-refractivity contribution in [2.45, 2.75) is 57.5 Å². The van der Waals surface area contributed by atoms with Gasteiger partial charge in [-0.15, -0.1) is 5.10 Å². The van der Waals surface area contributed by atoms with E-state index in [1.54, 1.807) is 7.11 Å². The average Bonchev–Trinajstić information content (AvgIpc) is 2.80. The van der Waals surface area contributed by atoms with Crippen molar-refractivity contribution in [3.63, 3.8) is 0 Å². The van der Waals surface area contributed by atoms with Crippen molar-refractivity contribution in [2.24, 2.45) is 0 Å². The van der Waals surface area contributed by atoms with Gasteiger partial charge in [-0.25, -0.2) is 4.68 Å². The van der Waals surface area contributed by atoms with Gasteiger partial charge in [0, 0.05) is 34.6 Å². The van der Waals surface area contributed by atoms with Crippen LogP contribution in [0.15, 0.2) is 6.20 Å². The third-order valence-electron chi connectivity index (χ3n) is 3.79. The summed E-state index contributed by atoms with van der Waals surface area (Å²) in [6.07, 6.45) is 2.91. The highest BCUT2D eigenvalue weighted by Gasteiger charge is 2.34. The summed E-state index contributed by atoms with van der Waals surface area (Å²) in [5.41, 5.74) is -0.125. The second-order valence-corrected chi connectivity index (χ2v) is 12.7. The Hall–Kier alpha value is -1.45. The van der Waals surface area contributed by atoms with Crippen LogP contribution >= 0.6 is 0 Å². The highest BCUT2D eigenvalue weighted by Crippen LogP contribution is 2.32. The van der Waals surface area contributed by atoms with Crippen LogP contribution in [0.2, 0.25) is 25.7 Å². The van der Waals surface area contributed by atoms with Gasteiger partial charge in [0.2, 0.25) is 0 Å². The van der Waals surface area contributed by atoms with Crippen molar-refractivity contribution in [1.29, 1.82) is 0 Å². The Morgan fingerprint density at radius 2 is 2.09 bits per heavy atom. The first kappa shape index (κ1) is 17.9. The zero-order chi connectivity index (χ0) is 17.0. The van der Waals surface area contributed by atoms with E-state index < -0.39 is 13.0 Å². The number of hydrogen-bond acceptors (Lipinski definition) is 6. The molecule has 0 unspecified atom stereocenters. The summed E-state index contributed by atoms with van der Waals surface area (Å²) in [5.74, 6) is 0.0587. The highest BCUT2D eigenvalue weighted by molar-refractivity contribution is 6.76. The molecule has 0 amide bonds. The van der Waals surface area contributed by atoms with E-state index in [-0.39, 0.29) is 30.5 Å². The monoisotopic (exact) mass is 343 g/mol. The molecular formula is C14H25N3O5Si. The summed E-state index contributed by atoms with van der Waals surface area (Å²) in [4.78, 5) is 10.6. The quantitative estimate of drug-likeness (QED) is 0.296. The molecule has 1 aromatic heterocycles. The van der Waals surface area contributed by atoms with Crippen LogP contribution in [0.3, 0.4) is 0 Å². The first-order chi connectivity index (χ1) is 10.8. The summed E-state index contributed by atoms with van der Waals surface area (Å²) < 4.78 is 17.8. The molecule has 2 rings (SSSR count). The number of nitro groups is 1. The van der Waals surface area contributed by atoms with E-state index in [1.807, 2.05) is 0 Å². The fraction of sp³-hybridized carbons (Fsp3) is 0.786. The number of hydrogen-bond donors (Lipinski definition) is 0. The van der Waals surface area contributed by atoms with E-state index in [9.17, 15) is 10.1 Å². The maximum absolute atomic E-state index is 11.1. The molecule has 0 saturated heterocycles. The topological polar surface area (TPSA) is 88.7 Å². The van der Waals surface area contributed by atoms with Crippen LogP contribution in [0.25, 0.3) is 0 Å². The number of methoxy groups -OCH3 is 1. The van der Waals surface area contributed by atoms with Crippen LogP contribution in [0.4, 0.5) is 5.69 Å². The van der Waals surface area contributed by atoms with E-state index in [1.165, 1.54) is 10.9 Å². The maximum atomic E-state index is 11.1. The third-order valence-corrected chi connectivity index (χ3v) is 5.49. The standard InChI is InChI=1S/C14H25N3O5Si/c1-20-11-7-12(8-11)22-14-13(17(18)19)9-16(15-14)10-21-5-6-23(2,3)4/h9,11-12H,5-8,10H2,1-4H3. The predicted molar refractivity (Wildman–Crippen MR) is 87.4 cm³/mol. The molecule has 1 aromatic rings. The van der Waals surface area contributed by atoms with E-state index >= 15 is 0 Å². The number of aromatic nitrogens is 2. The normalized spacial score (nSPS) is 21.0. The molecule has 0 spiro atoms. The zero-order valence-corrected chi connectivity index (χ0v) is 15.2. The Morgan fingerprint density at radius 3 is 2.65 bits per heavy atom. The maximum Gasteiger partial charge on any atom is 0.350 e. The summed E-state index contributed by atoms with van der Waals surface area (Å²) in [6.45, 7) is 7.64. The molecule has 130 valence electrons. The van der Waals surface area contributed by atoms with Crippen LogP contribution in [0.1, 0.15) is 12.8 Å². The summed E-state index contributed by atoms with van der Waals surface area (Å²) >= 11 is 0. The molecule has 1 aliphatic carbocycles. The molecule has 0 aliphatic heterocycles. The van der Waals surface area contributed by atoms with Gasteiger partial charge in [-0.05, 0) is 6.04 Å². The molecule has 0 bridgehead atoms. The van der Waals surface area contributed by atoms with Crippen LogP contribution in [-0.4, -0.2) is 48.7 Å². The van der Waals surface area contributed by atoms with Crippen LogP contribution in [0.5, 0.6) is 5.88 Å². The van der Waals surface area contributed by atoms with E-state index in [0.717, 1.165) is 18.9 Å². The SMILES string of the molecule is COC1CC(Oc2nn(COCC[Si](C)(C)C)cc2[N+](=O)[O-])C1. The molecule has 0 radical (unpaired) electrons. The third kappa shape index (κ3) is 5.29. The van der Waals surface area contributed by atoms with Crippen LogP contribution in [-0.2, 0) is 16.2 Å². The lowest BCUT2D eigenvalue weighted by Gasteiger charge is -2.33. The van der Waals surface area contributed by atoms with Gasteiger partial charge in [0.15, 0.2) is 0 Å². The summed E-state index contributed by atoms with van der Waals surface area (Å²) in [7, 11) is 0.501. The van der Waals surface area contributed by atoms with Crippen molar-refractivity contribution >= 4 is 13.8 Å². The fourth-order valence-corrected chi connectivity index (χ4v) is 2.93. The second-order valence-electron chi connectivity index (χ2n) is 7.03. The molecular weight excluding hydrogens is 318 g/mol. The number of ether oxygens (including phenoxy) is 3. The van der Waals surface area contributed by atoms with Crippen molar-refractivity contribution in [3.05, 3.63) is 16.3 Å². The van der Waals surface area contributed by atoms with Gasteiger partial charge in [-0.3, -0.25) is 10.1 Å². The van der Waals surface area contributed by atoms with Gasteiger partial charge in [-0.2, -0.15) is 0 Å². The largest absolute Gasteiger partial charge is 0.468 e. The molecule has 0 aromatic carbocycles. The lowest BCUT2D eigenvalue weighted by molar-refractivity contribution is -0.386. The van der Waals surface area contributed by atoms with Crippen molar-refractivity contribution < 1.29 is 19.1 Å². The van der Waals surface area contributed by atoms with Gasteiger partial charge in [0.1, 0.15) is 19.0 Å². The van der Waals surface area contributed by atoms with Gasteiger partial charge < -0.3 is 14.2 Å². The molecule has 8 nitrogen and oxygen atoms in total. The Kier molecular flexibility index (Phi) is 5.77. The predicted octanol–water partition coefficient (Wildman–Crippen LogP) is 2.66. The summed E-state index contributed by atoms with van der Waals surface area (Å²) in [5, 5.41) is 15.3. The molecule has 0 N–H and O–H groups in total. The Morgan fingerprint density at radius 1 is 1.39 bits per heavy atom. The lowest BCUT2D eigenvalue weighted by atomic mass is 9.92. The Bertz CT molecular complexity index is 537. The van der Waals surface area contributed by atoms with E-state index in [0.29, 0.717) is 6.61 Å². The van der Waals surface area contributed by atoms with E-state index in [2.05, 4.69) is 24.7 Å². The second kappa shape index (κ2) is 7.41. The summed E-state index contributed by atoms with van der Waals surface area (Å²) in [6, 6.07) is 1.04. The van der Waals surface area contributed by atoms with Crippen LogP contribution < -0.4 is 4.74 Å². The van der Waals surface area contributed by atoms with Gasteiger partial charge in [0.25, 0.3) is 0 Å². The molecule has 0 atom stereocenters. The Balaban J connectivity index is 1.89. The molecule has 1 fully saturated rings. The minimum atomic E-state index is -1.15.